The molecule has 2 aromatic rings. The predicted octanol–water partition coefficient (Wildman–Crippen LogP) is 3.26. The first kappa shape index (κ1) is 11.6. The molecule has 1 atom stereocenters. The number of aryl methyl sites for hydroxylation is 1. The molecule has 2 rings (SSSR count). The zero-order chi connectivity index (χ0) is 12.3. The van der Waals surface area contributed by atoms with E-state index in [0.29, 0.717) is 11.9 Å². The van der Waals surface area contributed by atoms with Crippen LogP contribution in [0.1, 0.15) is 25.8 Å². The Morgan fingerprint density at radius 1 is 1.41 bits per heavy atom. The molecule has 0 fully saturated rings. The Morgan fingerprint density at radius 2 is 2.24 bits per heavy atom. The van der Waals surface area contributed by atoms with Crippen LogP contribution in [0.15, 0.2) is 29.0 Å². The molecule has 0 aliphatic rings. The van der Waals surface area contributed by atoms with Crippen LogP contribution in [0, 0.1) is 6.92 Å². The summed E-state index contributed by atoms with van der Waals surface area (Å²) in [5, 5.41) is 11.1. The average molecular weight is 231 g/mol. The summed E-state index contributed by atoms with van der Waals surface area (Å²) in [7, 11) is 0. The maximum Gasteiger partial charge on any atom is 0.247 e. The fourth-order valence-corrected chi connectivity index (χ4v) is 1.58. The van der Waals surface area contributed by atoms with Gasteiger partial charge in [-0.1, -0.05) is 13.0 Å². The Labute approximate surface area is 101 Å². The minimum atomic E-state index is 0.451. The molecule has 1 N–H and O–H groups in total. The molecule has 4 heteroatoms. The van der Waals surface area contributed by atoms with E-state index in [4.69, 9.17) is 4.42 Å². The van der Waals surface area contributed by atoms with Crippen LogP contribution in [-0.2, 0) is 0 Å². The molecule has 0 aliphatic heterocycles. The summed E-state index contributed by atoms with van der Waals surface area (Å²) in [6.07, 6.45) is 2.43. The number of hydrogen-bond acceptors (Lipinski definition) is 4. The molecule has 1 unspecified atom stereocenters. The topological polar surface area (TPSA) is 51.0 Å². The van der Waals surface area contributed by atoms with Crippen LogP contribution in [-0.4, -0.2) is 16.2 Å². The highest BCUT2D eigenvalue weighted by Gasteiger charge is 2.07. The molecule has 0 spiro atoms. The van der Waals surface area contributed by atoms with Gasteiger partial charge < -0.3 is 9.73 Å². The molecule has 0 amide bonds. The summed E-state index contributed by atoms with van der Waals surface area (Å²) in [5.41, 5.74) is 3.28. The van der Waals surface area contributed by atoms with E-state index in [1.165, 1.54) is 12.0 Å². The van der Waals surface area contributed by atoms with Crippen LogP contribution in [0.25, 0.3) is 11.5 Å². The number of rotatable bonds is 4. The van der Waals surface area contributed by atoms with Gasteiger partial charge in [-0.15, -0.1) is 10.2 Å². The van der Waals surface area contributed by atoms with E-state index in [1.54, 1.807) is 0 Å². The molecule has 1 aromatic heterocycles. The van der Waals surface area contributed by atoms with E-state index in [0.717, 1.165) is 17.7 Å². The van der Waals surface area contributed by atoms with Gasteiger partial charge in [0.25, 0.3) is 0 Å². The normalized spacial score (nSPS) is 12.4. The van der Waals surface area contributed by atoms with Gasteiger partial charge in [0.1, 0.15) is 0 Å². The van der Waals surface area contributed by atoms with Gasteiger partial charge in [-0.05, 0) is 38.0 Å². The Bertz CT molecular complexity index is 479. The first-order valence-electron chi connectivity index (χ1n) is 5.84. The zero-order valence-corrected chi connectivity index (χ0v) is 10.4. The number of aromatic nitrogens is 2. The quantitative estimate of drug-likeness (QED) is 0.877. The number of hydrogen-bond donors (Lipinski definition) is 1. The highest BCUT2D eigenvalue weighted by Crippen LogP contribution is 2.24. The maximum absolute atomic E-state index is 5.20. The minimum Gasteiger partial charge on any atom is -0.423 e. The van der Waals surface area contributed by atoms with Crippen molar-refractivity contribution in [3.05, 3.63) is 30.2 Å². The van der Waals surface area contributed by atoms with Crippen molar-refractivity contribution < 1.29 is 4.42 Å². The first-order valence-corrected chi connectivity index (χ1v) is 5.84. The number of anilines is 1. The lowest BCUT2D eigenvalue weighted by Crippen LogP contribution is -2.14. The summed E-state index contributed by atoms with van der Waals surface area (Å²) < 4.78 is 5.20. The van der Waals surface area contributed by atoms with Crippen molar-refractivity contribution in [2.45, 2.75) is 33.2 Å². The van der Waals surface area contributed by atoms with Gasteiger partial charge in [0.05, 0.1) is 0 Å². The van der Waals surface area contributed by atoms with Crippen molar-refractivity contribution >= 4 is 5.69 Å². The Morgan fingerprint density at radius 3 is 2.88 bits per heavy atom. The number of benzene rings is 1. The molecule has 1 heterocycles. The summed E-state index contributed by atoms with van der Waals surface area (Å²) in [4.78, 5) is 0. The van der Waals surface area contributed by atoms with Gasteiger partial charge in [0.15, 0.2) is 0 Å². The van der Waals surface area contributed by atoms with Gasteiger partial charge in [-0.2, -0.15) is 0 Å². The average Bonchev–Trinajstić information content (AvgIpc) is 2.85. The maximum atomic E-state index is 5.20. The fourth-order valence-electron chi connectivity index (χ4n) is 1.58. The molecule has 0 bridgehead atoms. The van der Waals surface area contributed by atoms with Crippen molar-refractivity contribution in [3.63, 3.8) is 0 Å². The first-order chi connectivity index (χ1) is 8.20. The van der Waals surface area contributed by atoms with Crippen LogP contribution < -0.4 is 5.32 Å². The largest absolute Gasteiger partial charge is 0.423 e. The van der Waals surface area contributed by atoms with Gasteiger partial charge in [-0.3, -0.25) is 0 Å². The van der Waals surface area contributed by atoms with Gasteiger partial charge >= 0.3 is 0 Å². The number of nitrogens with zero attached hydrogens (tertiary/aromatic N) is 2. The van der Waals surface area contributed by atoms with Crippen molar-refractivity contribution in [2.24, 2.45) is 0 Å². The number of nitrogens with one attached hydrogen (secondary N) is 1. The fraction of sp³-hybridized carbons (Fsp3) is 0.385. The summed E-state index contributed by atoms with van der Waals surface area (Å²) in [6.45, 7) is 6.41. The summed E-state index contributed by atoms with van der Waals surface area (Å²) in [6, 6.07) is 6.55. The molecule has 17 heavy (non-hydrogen) atoms. The van der Waals surface area contributed by atoms with E-state index in [9.17, 15) is 0 Å². The standard InChI is InChI=1S/C13H17N3O/c1-4-10(3)15-12-7-11(6-5-9(12)2)13-16-14-8-17-13/h5-8,10,15H,4H2,1-3H3. The van der Waals surface area contributed by atoms with Gasteiger partial charge in [0.2, 0.25) is 12.3 Å². The van der Waals surface area contributed by atoms with Crippen molar-refractivity contribution in [2.75, 3.05) is 5.32 Å². The third-order valence-corrected chi connectivity index (χ3v) is 2.86. The highest BCUT2D eigenvalue weighted by molar-refractivity contribution is 5.64. The lowest BCUT2D eigenvalue weighted by Gasteiger charge is -2.15. The molecule has 0 saturated carbocycles. The smallest absolute Gasteiger partial charge is 0.247 e. The third kappa shape index (κ3) is 2.64. The summed E-state index contributed by atoms with van der Waals surface area (Å²) in [5.74, 6) is 0.553. The Kier molecular flexibility index (Phi) is 3.42. The van der Waals surface area contributed by atoms with Crippen molar-refractivity contribution in [1.29, 1.82) is 0 Å². The molecule has 1 aromatic carbocycles. The van der Waals surface area contributed by atoms with E-state index >= 15 is 0 Å². The summed E-state index contributed by atoms with van der Waals surface area (Å²) >= 11 is 0. The van der Waals surface area contributed by atoms with E-state index in [-0.39, 0.29) is 0 Å². The van der Waals surface area contributed by atoms with Gasteiger partial charge in [-0.25, -0.2) is 0 Å². The highest BCUT2D eigenvalue weighted by atomic mass is 16.4. The van der Waals surface area contributed by atoms with Gasteiger partial charge in [0, 0.05) is 17.3 Å². The molecule has 0 saturated heterocycles. The lowest BCUT2D eigenvalue weighted by molar-refractivity contribution is 0.568. The van der Waals surface area contributed by atoms with E-state index in [1.807, 2.05) is 6.07 Å². The van der Waals surface area contributed by atoms with Crippen LogP contribution in [0.3, 0.4) is 0 Å². The molecule has 0 aliphatic carbocycles. The Hall–Kier alpha value is -1.84. The Balaban J connectivity index is 2.29. The monoisotopic (exact) mass is 231 g/mol. The SMILES string of the molecule is CCC(C)Nc1cc(-c2nnco2)ccc1C. The minimum absolute atomic E-state index is 0.451. The van der Waals surface area contributed by atoms with Crippen LogP contribution in [0.2, 0.25) is 0 Å². The van der Waals surface area contributed by atoms with Crippen LogP contribution in [0.5, 0.6) is 0 Å². The van der Waals surface area contributed by atoms with Crippen molar-refractivity contribution in [3.8, 4) is 11.5 Å². The molecule has 90 valence electrons. The van der Waals surface area contributed by atoms with Crippen LogP contribution in [0.4, 0.5) is 5.69 Å². The second-order valence-electron chi connectivity index (χ2n) is 4.23. The molecular weight excluding hydrogens is 214 g/mol. The van der Waals surface area contributed by atoms with Crippen LogP contribution >= 0.6 is 0 Å². The van der Waals surface area contributed by atoms with E-state index in [2.05, 4.69) is 48.4 Å². The second-order valence-corrected chi connectivity index (χ2v) is 4.23. The molecular formula is C13H17N3O. The predicted molar refractivity (Wildman–Crippen MR) is 67.8 cm³/mol. The van der Waals surface area contributed by atoms with Crippen molar-refractivity contribution in [1.82, 2.24) is 10.2 Å². The molecule has 0 radical (unpaired) electrons. The molecule has 4 nitrogen and oxygen atoms in total. The third-order valence-electron chi connectivity index (χ3n) is 2.86. The van der Waals surface area contributed by atoms with E-state index < -0.39 is 0 Å². The lowest BCUT2D eigenvalue weighted by atomic mass is 10.1. The zero-order valence-electron chi connectivity index (χ0n) is 10.4. The second kappa shape index (κ2) is 4.99.